The lowest BCUT2D eigenvalue weighted by atomic mass is 9.90. The second kappa shape index (κ2) is 7.27. The van der Waals surface area contributed by atoms with Crippen LogP contribution in [0.5, 0.6) is 0 Å². The fourth-order valence-corrected chi connectivity index (χ4v) is 1.30. The molecule has 0 aromatic rings. The van der Waals surface area contributed by atoms with E-state index in [1.807, 2.05) is 0 Å². The van der Waals surface area contributed by atoms with Crippen molar-refractivity contribution in [2.75, 3.05) is 26.8 Å². The Labute approximate surface area is 103 Å². The molecule has 0 unspecified atom stereocenters. The van der Waals surface area contributed by atoms with Crippen molar-refractivity contribution in [1.82, 2.24) is 4.90 Å². The molecule has 0 aliphatic carbocycles. The van der Waals surface area contributed by atoms with Crippen molar-refractivity contribution in [2.45, 2.75) is 33.6 Å². The third kappa shape index (κ3) is 8.68. The quantitative estimate of drug-likeness (QED) is 0.735. The maximum atomic E-state index is 11.8. The Hall–Kier alpha value is -1.10. The van der Waals surface area contributed by atoms with Crippen molar-refractivity contribution in [3.05, 3.63) is 0 Å². The molecule has 0 aliphatic heterocycles. The van der Waals surface area contributed by atoms with Crippen LogP contribution in [0.3, 0.4) is 0 Å². The van der Waals surface area contributed by atoms with Gasteiger partial charge in [0.05, 0.1) is 6.61 Å². The smallest absolute Gasteiger partial charge is 0.323 e. The third-order valence-electron chi connectivity index (χ3n) is 2.33. The Morgan fingerprint density at radius 2 is 1.88 bits per heavy atom. The van der Waals surface area contributed by atoms with Crippen molar-refractivity contribution in [2.24, 2.45) is 5.41 Å². The van der Waals surface area contributed by atoms with Crippen LogP contribution in [0.25, 0.3) is 0 Å². The molecule has 5 heteroatoms. The van der Waals surface area contributed by atoms with Gasteiger partial charge in [0.2, 0.25) is 5.91 Å². The molecule has 0 radical (unpaired) electrons. The molecule has 0 atom stereocenters. The highest BCUT2D eigenvalue weighted by atomic mass is 16.5. The summed E-state index contributed by atoms with van der Waals surface area (Å²) < 4.78 is 4.86. The monoisotopic (exact) mass is 245 g/mol. The van der Waals surface area contributed by atoms with Gasteiger partial charge in [0.15, 0.2) is 0 Å². The molecule has 1 amide bonds. The summed E-state index contributed by atoms with van der Waals surface area (Å²) >= 11 is 0. The van der Waals surface area contributed by atoms with E-state index in [9.17, 15) is 9.59 Å². The number of hydrogen-bond donors (Lipinski definition) is 1. The van der Waals surface area contributed by atoms with Crippen LogP contribution in [0.1, 0.15) is 33.6 Å². The van der Waals surface area contributed by atoms with E-state index in [1.54, 1.807) is 0 Å². The number of ether oxygens (including phenoxy) is 1. The number of nitrogens with zero attached hydrogens (tertiary/aromatic N) is 1. The average Bonchev–Trinajstić information content (AvgIpc) is 2.19. The first kappa shape index (κ1) is 15.9. The van der Waals surface area contributed by atoms with E-state index >= 15 is 0 Å². The van der Waals surface area contributed by atoms with Crippen molar-refractivity contribution in [3.8, 4) is 0 Å². The lowest BCUT2D eigenvalue weighted by molar-refractivity contribution is -0.145. The molecule has 0 bridgehead atoms. The first-order chi connectivity index (χ1) is 7.76. The van der Waals surface area contributed by atoms with E-state index < -0.39 is 5.97 Å². The number of carbonyl (C=O) groups excluding carboxylic acids is 1. The van der Waals surface area contributed by atoms with Crippen LogP contribution < -0.4 is 0 Å². The fourth-order valence-electron chi connectivity index (χ4n) is 1.30. The summed E-state index contributed by atoms with van der Waals surface area (Å²) in [5, 5.41) is 8.73. The summed E-state index contributed by atoms with van der Waals surface area (Å²) in [6.45, 7) is 6.58. The van der Waals surface area contributed by atoms with Gasteiger partial charge < -0.3 is 14.7 Å². The van der Waals surface area contributed by atoms with E-state index in [2.05, 4.69) is 20.8 Å². The van der Waals surface area contributed by atoms with Crippen LogP contribution in [-0.4, -0.2) is 48.7 Å². The standard InChI is InChI=1S/C12H23NO4/c1-12(2,3)6-5-10(14)13(7-8-17-4)9-11(15)16/h5-9H2,1-4H3,(H,15,16). The van der Waals surface area contributed by atoms with Gasteiger partial charge >= 0.3 is 5.97 Å². The van der Waals surface area contributed by atoms with Gasteiger partial charge in [-0.15, -0.1) is 0 Å². The van der Waals surface area contributed by atoms with Gasteiger partial charge in [-0.3, -0.25) is 9.59 Å². The van der Waals surface area contributed by atoms with E-state index in [0.29, 0.717) is 19.6 Å². The minimum atomic E-state index is -0.995. The second-order valence-corrected chi connectivity index (χ2v) is 5.26. The van der Waals surface area contributed by atoms with Gasteiger partial charge in [0, 0.05) is 20.1 Å². The summed E-state index contributed by atoms with van der Waals surface area (Å²) in [5.41, 5.74) is 0.0752. The van der Waals surface area contributed by atoms with E-state index in [0.717, 1.165) is 6.42 Å². The third-order valence-corrected chi connectivity index (χ3v) is 2.33. The number of rotatable bonds is 7. The molecule has 100 valence electrons. The number of carboxylic acid groups (broad SMARTS) is 1. The Morgan fingerprint density at radius 1 is 1.29 bits per heavy atom. The summed E-state index contributed by atoms with van der Waals surface area (Å²) in [5.74, 6) is -1.12. The summed E-state index contributed by atoms with van der Waals surface area (Å²) in [6.07, 6.45) is 1.12. The van der Waals surface area contributed by atoms with Gasteiger partial charge in [0.1, 0.15) is 6.54 Å². The van der Waals surface area contributed by atoms with E-state index in [-0.39, 0.29) is 17.9 Å². The maximum Gasteiger partial charge on any atom is 0.323 e. The first-order valence-corrected chi connectivity index (χ1v) is 5.75. The molecule has 5 nitrogen and oxygen atoms in total. The number of aliphatic carboxylic acids is 1. The largest absolute Gasteiger partial charge is 0.480 e. The highest BCUT2D eigenvalue weighted by molar-refractivity contribution is 5.81. The number of carboxylic acids is 1. The van der Waals surface area contributed by atoms with Crippen molar-refractivity contribution in [1.29, 1.82) is 0 Å². The van der Waals surface area contributed by atoms with Gasteiger partial charge in [-0.2, -0.15) is 0 Å². The first-order valence-electron chi connectivity index (χ1n) is 5.75. The second-order valence-electron chi connectivity index (χ2n) is 5.26. The molecular formula is C12H23NO4. The number of methoxy groups -OCH3 is 1. The Kier molecular flexibility index (Phi) is 6.80. The molecule has 0 saturated carbocycles. The lowest BCUT2D eigenvalue weighted by Crippen LogP contribution is -2.38. The zero-order chi connectivity index (χ0) is 13.5. The minimum Gasteiger partial charge on any atom is -0.480 e. The molecule has 0 heterocycles. The molecule has 0 aliphatic rings. The van der Waals surface area contributed by atoms with Crippen LogP contribution in [0.4, 0.5) is 0 Å². The van der Waals surface area contributed by atoms with Crippen LogP contribution in [0.15, 0.2) is 0 Å². The Bertz CT molecular complexity index is 258. The maximum absolute atomic E-state index is 11.8. The van der Waals surface area contributed by atoms with Gasteiger partial charge in [-0.05, 0) is 11.8 Å². The van der Waals surface area contributed by atoms with Crippen LogP contribution in [0, 0.1) is 5.41 Å². The summed E-state index contributed by atoms with van der Waals surface area (Å²) in [7, 11) is 1.53. The Morgan fingerprint density at radius 3 is 2.29 bits per heavy atom. The van der Waals surface area contributed by atoms with Crippen molar-refractivity contribution >= 4 is 11.9 Å². The van der Waals surface area contributed by atoms with Crippen LogP contribution >= 0.6 is 0 Å². The highest BCUT2D eigenvalue weighted by Gasteiger charge is 2.19. The molecule has 0 saturated heterocycles. The number of carbonyl (C=O) groups is 2. The molecule has 0 spiro atoms. The zero-order valence-corrected chi connectivity index (χ0v) is 11.2. The SMILES string of the molecule is COCCN(CC(=O)O)C(=O)CCC(C)(C)C. The molecule has 17 heavy (non-hydrogen) atoms. The highest BCUT2D eigenvalue weighted by Crippen LogP contribution is 2.21. The molecule has 0 rings (SSSR count). The predicted octanol–water partition coefficient (Wildman–Crippen LogP) is 1.37. The fraction of sp³-hybridized carbons (Fsp3) is 0.833. The summed E-state index contributed by atoms with van der Waals surface area (Å²) in [6, 6.07) is 0. The predicted molar refractivity (Wildman–Crippen MR) is 64.8 cm³/mol. The van der Waals surface area contributed by atoms with Gasteiger partial charge in [-0.25, -0.2) is 0 Å². The zero-order valence-electron chi connectivity index (χ0n) is 11.2. The topological polar surface area (TPSA) is 66.8 Å². The number of hydrogen-bond acceptors (Lipinski definition) is 3. The molecular weight excluding hydrogens is 222 g/mol. The van der Waals surface area contributed by atoms with Gasteiger partial charge in [0.25, 0.3) is 0 Å². The molecule has 0 aromatic carbocycles. The van der Waals surface area contributed by atoms with Gasteiger partial charge in [-0.1, -0.05) is 20.8 Å². The Balaban J connectivity index is 4.26. The normalized spacial score (nSPS) is 11.3. The van der Waals surface area contributed by atoms with Crippen LogP contribution in [-0.2, 0) is 14.3 Å². The minimum absolute atomic E-state index is 0.0752. The summed E-state index contributed by atoms with van der Waals surface area (Å²) in [4.78, 5) is 23.8. The number of amides is 1. The molecule has 0 fully saturated rings. The lowest BCUT2D eigenvalue weighted by Gasteiger charge is -2.23. The van der Waals surface area contributed by atoms with Crippen molar-refractivity contribution < 1.29 is 19.4 Å². The van der Waals surface area contributed by atoms with Crippen LogP contribution in [0.2, 0.25) is 0 Å². The molecule has 1 N–H and O–H groups in total. The van der Waals surface area contributed by atoms with E-state index in [4.69, 9.17) is 9.84 Å². The van der Waals surface area contributed by atoms with E-state index in [1.165, 1.54) is 12.0 Å². The average molecular weight is 245 g/mol. The molecule has 0 aromatic heterocycles. The van der Waals surface area contributed by atoms with Crippen molar-refractivity contribution in [3.63, 3.8) is 0 Å².